The predicted molar refractivity (Wildman–Crippen MR) is 80.9 cm³/mol. The molecule has 0 saturated carbocycles. The minimum absolute atomic E-state index is 0.0858. The third-order valence-corrected chi connectivity index (χ3v) is 4.28. The Hall–Kier alpha value is -0.380. The van der Waals surface area contributed by atoms with Crippen LogP contribution in [-0.4, -0.2) is 0 Å². The Kier molecular flexibility index (Phi) is 4.82. The van der Waals surface area contributed by atoms with E-state index in [0.717, 1.165) is 10.0 Å². The number of hydrogen-bond donors (Lipinski definition) is 0. The van der Waals surface area contributed by atoms with Gasteiger partial charge in [-0.25, -0.2) is 4.39 Å². The van der Waals surface area contributed by atoms with Gasteiger partial charge in [0.15, 0.2) is 0 Å². The highest BCUT2D eigenvalue weighted by atomic mass is 79.9. The monoisotopic (exact) mass is 390 g/mol. The second-order valence-corrected chi connectivity index (χ2v) is 6.37. The van der Waals surface area contributed by atoms with Crippen LogP contribution in [0.1, 0.15) is 16.0 Å². The molecule has 0 radical (unpaired) electrons. The fourth-order valence-corrected chi connectivity index (χ4v) is 2.87. The molecule has 2 aromatic rings. The first-order chi connectivity index (χ1) is 8.58. The molecule has 0 aliphatic heterocycles. The Labute approximate surface area is 127 Å². The quantitative estimate of drug-likeness (QED) is 0.569. The van der Waals surface area contributed by atoms with Gasteiger partial charge in [-0.2, -0.15) is 0 Å². The zero-order valence-corrected chi connectivity index (χ0v) is 13.3. The lowest BCUT2D eigenvalue weighted by Gasteiger charge is -2.12. The molecule has 2 rings (SSSR count). The Bertz CT molecular complexity index is 540. The van der Waals surface area contributed by atoms with E-state index in [9.17, 15) is 4.39 Å². The van der Waals surface area contributed by atoms with E-state index in [4.69, 9.17) is 11.6 Å². The average Bonchev–Trinajstić information content (AvgIpc) is 2.35. The first-order valence-electron chi connectivity index (χ1n) is 5.40. The van der Waals surface area contributed by atoms with Crippen LogP contribution >= 0.6 is 43.5 Å². The summed E-state index contributed by atoms with van der Waals surface area (Å²) in [6.07, 6.45) is 0.713. The van der Waals surface area contributed by atoms with Crippen LogP contribution in [0, 0.1) is 5.82 Å². The van der Waals surface area contributed by atoms with Crippen LogP contribution in [0.4, 0.5) is 4.39 Å². The molecular formula is C14H10Br2ClF. The second kappa shape index (κ2) is 6.18. The lowest BCUT2D eigenvalue weighted by atomic mass is 10.0. The van der Waals surface area contributed by atoms with Gasteiger partial charge in [0, 0.05) is 14.9 Å². The van der Waals surface area contributed by atoms with E-state index < -0.39 is 0 Å². The topological polar surface area (TPSA) is 0 Å². The maximum Gasteiger partial charge on any atom is 0.146 e. The van der Waals surface area contributed by atoms with Crippen molar-refractivity contribution in [1.82, 2.24) is 0 Å². The van der Waals surface area contributed by atoms with Crippen molar-refractivity contribution in [3.63, 3.8) is 0 Å². The number of rotatable bonds is 3. The van der Waals surface area contributed by atoms with Gasteiger partial charge in [-0.1, -0.05) is 67.7 Å². The molecule has 0 nitrogen and oxygen atoms in total. The Balaban J connectivity index is 2.19. The van der Waals surface area contributed by atoms with E-state index in [2.05, 4.69) is 31.9 Å². The van der Waals surface area contributed by atoms with Gasteiger partial charge in [-0.05, 0) is 30.2 Å². The van der Waals surface area contributed by atoms with Gasteiger partial charge in [0.1, 0.15) is 5.82 Å². The molecule has 0 amide bonds. The molecule has 0 saturated heterocycles. The number of benzene rings is 2. The zero-order chi connectivity index (χ0) is 13.1. The molecule has 0 heterocycles. The van der Waals surface area contributed by atoms with Crippen LogP contribution in [0.2, 0.25) is 5.02 Å². The minimum Gasteiger partial charge on any atom is -0.205 e. The zero-order valence-electron chi connectivity index (χ0n) is 9.34. The van der Waals surface area contributed by atoms with Gasteiger partial charge in [0.05, 0.1) is 5.02 Å². The van der Waals surface area contributed by atoms with Crippen molar-refractivity contribution >= 4 is 43.5 Å². The summed E-state index contributed by atoms with van der Waals surface area (Å²) in [5.74, 6) is -0.349. The summed E-state index contributed by atoms with van der Waals surface area (Å²) < 4.78 is 14.9. The molecule has 0 bridgehead atoms. The van der Waals surface area contributed by atoms with Crippen molar-refractivity contribution in [3.05, 3.63) is 68.9 Å². The molecule has 0 aliphatic carbocycles. The van der Waals surface area contributed by atoms with Gasteiger partial charge < -0.3 is 0 Å². The minimum atomic E-state index is -0.349. The summed E-state index contributed by atoms with van der Waals surface area (Å²) in [4.78, 5) is -0.0858. The van der Waals surface area contributed by atoms with Crippen LogP contribution in [0.25, 0.3) is 0 Å². The summed E-state index contributed by atoms with van der Waals surface area (Å²) >= 11 is 12.7. The van der Waals surface area contributed by atoms with E-state index in [1.54, 1.807) is 18.2 Å². The normalized spacial score (nSPS) is 12.4. The summed E-state index contributed by atoms with van der Waals surface area (Å²) in [5.41, 5.74) is 1.73. The van der Waals surface area contributed by atoms with Crippen molar-refractivity contribution in [2.24, 2.45) is 0 Å². The van der Waals surface area contributed by atoms with E-state index in [-0.39, 0.29) is 15.7 Å². The van der Waals surface area contributed by atoms with E-state index in [1.807, 2.05) is 24.3 Å². The summed E-state index contributed by atoms with van der Waals surface area (Å²) in [5, 5.41) is 0.160. The summed E-state index contributed by atoms with van der Waals surface area (Å²) in [7, 11) is 0. The molecule has 94 valence electrons. The van der Waals surface area contributed by atoms with E-state index in [0.29, 0.717) is 12.0 Å². The summed E-state index contributed by atoms with van der Waals surface area (Å²) in [6, 6.07) is 13.0. The van der Waals surface area contributed by atoms with Crippen molar-refractivity contribution in [1.29, 1.82) is 0 Å². The molecular weight excluding hydrogens is 382 g/mol. The van der Waals surface area contributed by atoms with Crippen LogP contribution in [0.3, 0.4) is 0 Å². The molecule has 0 fully saturated rings. The van der Waals surface area contributed by atoms with E-state index >= 15 is 0 Å². The van der Waals surface area contributed by atoms with Crippen LogP contribution in [-0.2, 0) is 6.42 Å². The molecule has 0 aliphatic rings. The van der Waals surface area contributed by atoms with Crippen molar-refractivity contribution in [2.45, 2.75) is 11.2 Å². The first kappa shape index (κ1) is 14.0. The third-order valence-electron chi connectivity index (χ3n) is 2.65. The second-order valence-electron chi connectivity index (χ2n) is 3.94. The standard InChI is InChI=1S/C14H10Br2ClF/c15-10-6-4-9(5-7-10)8-12(16)11-2-1-3-13(17)14(11)18/h1-7,12H,8H2. The van der Waals surface area contributed by atoms with Crippen molar-refractivity contribution in [2.75, 3.05) is 0 Å². The first-order valence-corrected chi connectivity index (χ1v) is 7.49. The smallest absolute Gasteiger partial charge is 0.146 e. The number of halogens is 4. The van der Waals surface area contributed by atoms with Gasteiger partial charge in [0.2, 0.25) is 0 Å². The number of hydrogen-bond acceptors (Lipinski definition) is 0. The van der Waals surface area contributed by atoms with Crippen LogP contribution in [0.15, 0.2) is 46.9 Å². The Morgan fingerprint density at radius 1 is 1.11 bits per heavy atom. The average molecular weight is 392 g/mol. The fourth-order valence-electron chi connectivity index (χ4n) is 1.70. The lowest BCUT2D eigenvalue weighted by molar-refractivity contribution is 0.608. The van der Waals surface area contributed by atoms with Gasteiger partial charge in [-0.3, -0.25) is 0 Å². The fraction of sp³-hybridized carbons (Fsp3) is 0.143. The van der Waals surface area contributed by atoms with Crippen LogP contribution in [0.5, 0.6) is 0 Å². The molecule has 0 N–H and O–H groups in total. The van der Waals surface area contributed by atoms with Gasteiger partial charge in [0.25, 0.3) is 0 Å². The Morgan fingerprint density at radius 2 is 1.78 bits per heavy atom. The Morgan fingerprint density at radius 3 is 2.44 bits per heavy atom. The van der Waals surface area contributed by atoms with Crippen molar-refractivity contribution in [3.8, 4) is 0 Å². The summed E-state index contributed by atoms with van der Waals surface area (Å²) in [6.45, 7) is 0. The molecule has 4 heteroatoms. The van der Waals surface area contributed by atoms with E-state index in [1.165, 1.54) is 0 Å². The molecule has 1 unspecified atom stereocenters. The number of alkyl halides is 1. The lowest BCUT2D eigenvalue weighted by Crippen LogP contribution is -1.99. The van der Waals surface area contributed by atoms with Crippen LogP contribution < -0.4 is 0 Å². The maximum atomic E-state index is 13.8. The molecule has 0 spiro atoms. The van der Waals surface area contributed by atoms with Gasteiger partial charge >= 0.3 is 0 Å². The predicted octanol–water partition coefficient (Wildman–Crippen LogP) is 5.92. The largest absolute Gasteiger partial charge is 0.205 e. The van der Waals surface area contributed by atoms with Crippen molar-refractivity contribution < 1.29 is 4.39 Å². The third kappa shape index (κ3) is 3.34. The molecule has 0 aromatic heterocycles. The molecule has 18 heavy (non-hydrogen) atoms. The highest BCUT2D eigenvalue weighted by Crippen LogP contribution is 2.32. The SMILES string of the molecule is Fc1c(Cl)cccc1C(Br)Cc1ccc(Br)cc1. The maximum absolute atomic E-state index is 13.8. The molecule has 1 atom stereocenters. The molecule has 2 aromatic carbocycles. The van der Waals surface area contributed by atoms with Gasteiger partial charge in [-0.15, -0.1) is 0 Å². The highest BCUT2D eigenvalue weighted by molar-refractivity contribution is 9.10. The highest BCUT2D eigenvalue weighted by Gasteiger charge is 2.15.